The number of thioether (sulfide) groups is 1. The molecule has 1 fully saturated rings. The monoisotopic (exact) mass is 467 g/mol. The highest BCUT2D eigenvalue weighted by atomic mass is 32.2. The van der Waals surface area contributed by atoms with Gasteiger partial charge in [-0.2, -0.15) is 24.9 Å². The molecule has 0 aromatic heterocycles. The quantitative estimate of drug-likeness (QED) is 0.616. The zero-order valence-electron chi connectivity index (χ0n) is 17.4. The van der Waals surface area contributed by atoms with Crippen molar-refractivity contribution in [3.63, 3.8) is 0 Å². The molecular weight excluding hydrogens is 443 g/mol. The van der Waals surface area contributed by atoms with Crippen LogP contribution in [-0.2, 0) is 15.3 Å². The molecule has 2 aromatic rings. The number of methoxy groups -OCH3 is 1. The van der Waals surface area contributed by atoms with Crippen LogP contribution in [-0.4, -0.2) is 53.5 Å². The van der Waals surface area contributed by atoms with Crippen LogP contribution in [0.5, 0.6) is 5.75 Å². The van der Waals surface area contributed by atoms with E-state index in [0.717, 1.165) is 27.8 Å². The molecule has 1 amide bonds. The Morgan fingerprint density at radius 3 is 2.38 bits per heavy atom. The third-order valence-corrected chi connectivity index (χ3v) is 6.65. The van der Waals surface area contributed by atoms with Crippen LogP contribution >= 0.6 is 11.8 Å². The second kappa shape index (κ2) is 10.3. The van der Waals surface area contributed by atoms with Gasteiger partial charge in [0.25, 0.3) is 0 Å². The van der Waals surface area contributed by atoms with E-state index in [1.165, 1.54) is 7.11 Å². The van der Waals surface area contributed by atoms with E-state index in [1.54, 1.807) is 54.6 Å². The minimum Gasteiger partial charge on any atom is -0.497 e. The molecule has 3 rings (SSSR count). The summed E-state index contributed by atoms with van der Waals surface area (Å²) in [6.07, 6.45) is -4.67. The molecule has 0 radical (unpaired) electrons. The largest absolute Gasteiger partial charge is 0.497 e. The van der Waals surface area contributed by atoms with Gasteiger partial charge in [-0.1, -0.05) is 42.5 Å². The number of halogens is 3. The maximum absolute atomic E-state index is 13.8. The first-order chi connectivity index (χ1) is 15.2. The summed E-state index contributed by atoms with van der Waals surface area (Å²) in [6, 6.07) is 14.6. The molecule has 2 aromatic carbocycles. The minimum absolute atomic E-state index is 0.0461. The standard InChI is InChI=1S/C23H24F3NO4S/c1-31-18-9-7-15(8-10-18)13-32-14-19(23(24,25)26)21(28)27-12-17(11-20(27)22(29)30)16-5-3-2-4-6-16/h2-10,17,19-20H,11-14H2,1H3,(H,29,30)/t17-,19?,20-/m0/s1. The number of carbonyl (C=O) groups excluding carboxylic acids is 1. The SMILES string of the molecule is COc1ccc(CSCC(C(=O)N2C[C@@H](c3ccccc3)C[C@H]2C(=O)O)C(F)(F)F)cc1. The first-order valence-electron chi connectivity index (χ1n) is 10.1. The van der Waals surface area contributed by atoms with Gasteiger partial charge in [0.2, 0.25) is 5.91 Å². The van der Waals surface area contributed by atoms with E-state index in [2.05, 4.69) is 0 Å². The second-order valence-electron chi connectivity index (χ2n) is 7.65. The molecule has 1 heterocycles. The molecule has 32 heavy (non-hydrogen) atoms. The van der Waals surface area contributed by atoms with Crippen molar-refractivity contribution in [2.45, 2.75) is 30.3 Å². The number of carboxylic acid groups (broad SMARTS) is 1. The van der Waals surface area contributed by atoms with Gasteiger partial charge in [-0.05, 0) is 29.7 Å². The molecule has 1 aliphatic heterocycles. The highest BCUT2D eigenvalue weighted by Gasteiger charge is 2.50. The minimum atomic E-state index is -4.77. The van der Waals surface area contributed by atoms with Crippen LogP contribution in [0.3, 0.4) is 0 Å². The van der Waals surface area contributed by atoms with Crippen molar-refractivity contribution in [3.05, 3.63) is 65.7 Å². The Bertz CT molecular complexity index is 921. The van der Waals surface area contributed by atoms with E-state index in [0.29, 0.717) is 11.5 Å². The zero-order chi connectivity index (χ0) is 23.3. The summed E-state index contributed by atoms with van der Waals surface area (Å²) in [7, 11) is 1.52. The summed E-state index contributed by atoms with van der Waals surface area (Å²) in [6.45, 7) is -0.0461. The normalized spacial score (nSPS) is 19.6. The summed E-state index contributed by atoms with van der Waals surface area (Å²) < 4.78 is 46.4. The third-order valence-electron chi connectivity index (χ3n) is 5.55. The van der Waals surface area contributed by atoms with Crippen LogP contribution in [0.2, 0.25) is 0 Å². The molecule has 0 saturated carbocycles. The van der Waals surface area contributed by atoms with Gasteiger partial charge in [-0.15, -0.1) is 0 Å². The van der Waals surface area contributed by atoms with E-state index in [4.69, 9.17) is 4.74 Å². The fourth-order valence-electron chi connectivity index (χ4n) is 3.80. The van der Waals surface area contributed by atoms with Crippen molar-refractivity contribution in [2.75, 3.05) is 19.4 Å². The van der Waals surface area contributed by atoms with Crippen LogP contribution < -0.4 is 4.74 Å². The van der Waals surface area contributed by atoms with Crippen molar-refractivity contribution in [3.8, 4) is 5.75 Å². The summed E-state index contributed by atoms with van der Waals surface area (Å²) in [5.41, 5.74) is 1.62. The molecule has 1 saturated heterocycles. The number of hydrogen-bond donors (Lipinski definition) is 1. The lowest BCUT2D eigenvalue weighted by atomic mass is 9.96. The fourth-order valence-corrected chi connectivity index (χ4v) is 4.92. The smallest absolute Gasteiger partial charge is 0.401 e. The van der Waals surface area contributed by atoms with Crippen molar-refractivity contribution in [1.29, 1.82) is 0 Å². The van der Waals surface area contributed by atoms with Crippen LogP contribution in [0.15, 0.2) is 54.6 Å². The van der Waals surface area contributed by atoms with Gasteiger partial charge in [-0.3, -0.25) is 4.79 Å². The summed E-state index contributed by atoms with van der Waals surface area (Å²) in [5, 5.41) is 9.56. The lowest BCUT2D eigenvalue weighted by molar-refractivity contribution is -0.186. The number of alkyl halides is 3. The molecule has 5 nitrogen and oxygen atoms in total. The predicted molar refractivity (Wildman–Crippen MR) is 116 cm³/mol. The number of aliphatic carboxylic acids is 1. The van der Waals surface area contributed by atoms with Gasteiger partial charge in [0, 0.05) is 24.0 Å². The van der Waals surface area contributed by atoms with E-state index >= 15 is 0 Å². The van der Waals surface area contributed by atoms with Gasteiger partial charge >= 0.3 is 12.1 Å². The van der Waals surface area contributed by atoms with E-state index in [1.807, 2.05) is 0 Å². The Balaban J connectivity index is 1.71. The van der Waals surface area contributed by atoms with Crippen LogP contribution in [0.25, 0.3) is 0 Å². The molecule has 1 N–H and O–H groups in total. The Morgan fingerprint density at radius 2 is 1.81 bits per heavy atom. The van der Waals surface area contributed by atoms with Crippen molar-refractivity contribution >= 4 is 23.6 Å². The first kappa shape index (κ1) is 24.0. The maximum atomic E-state index is 13.8. The number of ether oxygens (including phenoxy) is 1. The average Bonchev–Trinajstić information content (AvgIpc) is 3.22. The topological polar surface area (TPSA) is 66.8 Å². The van der Waals surface area contributed by atoms with Gasteiger partial charge in [0.15, 0.2) is 0 Å². The average molecular weight is 468 g/mol. The van der Waals surface area contributed by atoms with Crippen molar-refractivity contribution in [2.24, 2.45) is 5.92 Å². The number of rotatable bonds is 8. The third kappa shape index (κ3) is 5.76. The van der Waals surface area contributed by atoms with Gasteiger partial charge in [0.05, 0.1) is 7.11 Å². The fraction of sp³-hybridized carbons (Fsp3) is 0.391. The Morgan fingerprint density at radius 1 is 1.16 bits per heavy atom. The molecular formula is C23H24F3NO4S. The molecule has 172 valence electrons. The molecule has 0 bridgehead atoms. The zero-order valence-corrected chi connectivity index (χ0v) is 18.2. The van der Waals surface area contributed by atoms with Gasteiger partial charge < -0.3 is 14.7 Å². The van der Waals surface area contributed by atoms with Crippen molar-refractivity contribution in [1.82, 2.24) is 4.90 Å². The van der Waals surface area contributed by atoms with E-state index in [-0.39, 0.29) is 18.9 Å². The van der Waals surface area contributed by atoms with Crippen LogP contribution in [0.1, 0.15) is 23.5 Å². The molecule has 0 aliphatic carbocycles. The summed E-state index contributed by atoms with van der Waals surface area (Å²) in [4.78, 5) is 25.5. The number of benzene rings is 2. The van der Waals surface area contributed by atoms with Crippen LogP contribution in [0.4, 0.5) is 13.2 Å². The second-order valence-corrected chi connectivity index (χ2v) is 8.68. The number of hydrogen-bond acceptors (Lipinski definition) is 4. The predicted octanol–water partition coefficient (Wildman–Crippen LogP) is 4.58. The maximum Gasteiger partial charge on any atom is 0.401 e. The Labute approximate surface area is 188 Å². The first-order valence-corrected chi connectivity index (χ1v) is 11.2. The summed E-state index contributed by atoms with van der Waals surface area (Å²) in [5.74, 6) is -4.59. The highest BCUT2D eigenvalue weighted by Crippen LogP contribution is 2.37. The molecule has 9 heteroatoms. The van der Waals surface area contributed by atoms with Gasteiger partial charge in [-0.25, -0.2) is 4.79 Å². The Hall–Kier alpha value is -2.68. The molecule has 1 aliphatic rings. The molecule has 1 unspecified atom stereocenters. The molecule has 3 atom stereocenters. The highest BCUT2D eigenvalue weighted by molar-refractivity contribution is 7.98. The number of carbonyl (C=O) groups is 2. The Kier molecular flexibility index (Phi) is 7.71. The van der Waals surface area contributed by atoms with Crippen LogP contribution in [0, 0.1) is 5.92 Å². The summed E-state index contributed by atoms with van der Waals surface area (Å²) >= 11 is 0.993. The number of amides is 1. The number of likely N-dealkylation sites (tertiary alicyclic amines) is 1. The molecule has 0 spiro atoms. The number of carboxylic acids is 1. The lowest BCUT2D eigenvalue weighted by Crippen LogP contribution is -2.48. The van der Waals surface area contributed by atoms with Gasteiger partial charge in [0.1, 0.15) is 17.7 Å². The van der Waals surface area contributed by atoms with E-state index in [9.17, 15) is 27.9 Å². The lowest BCUT2D eigenvalue weighted by Gasteiger charge is -2.28. The number of nitrogens with zero attached hydrogens (tertiary/aromatic N) is 1. The van der Waals surface area contributed by atoms with Crippen molar-refractivity contribution < 1.29 is 32.6 Å². The van der Waals surface area contributed by atoms with E-state index < -0.39 is 35.8 Å².